The predicted octanol–water partition coefficient (Wildman–Crippen LogP) is 6.79. The predicted molar refractivity (Wildman–Crippen MR) is 131 cm³/mol. The van der Waals surface area contributed by atoms with E-state index in [0.29, 0.717) is 18.4 Å². The third-order valence-electron chi connectivity index (χ3n) is 7.75. The SMILES string of the molecule is CCC(CC)(CCCCCO)CCCCOCCCCC(CC)(CC)CCS(=O)(=O)O. The number of aliphatic hydroxyl groups is 1. The molecule has 0 atom stereocenters. The summed E-state index contributed by atoms with van der Waals surface area (Å²) in [6.07, 6.45) is 16.1. The Morgan fingerprint density at radius 3 is 1.45 bits per heavy atom. The van der Waals surface area contributed by atoms with Gasteiger partial charge in [-0.25, -0.2) is 0 Å². The Kier molecular flexibility index (Phi) is 17.2. The van der Waals surface area contributed by atoms with Crippen LogP contribution in [-0.4, -0.2) is 43.7 Å². The first-order chi connectivity index (χ1) is 14.7. The van der Waals surface area contributed by atoms with E-state index in [9.17, 15) is 8.42 Å². The van der Waals surface area contributed by atoms with Gasteiger partial charge in [0.2, 0.25) is 0 Å². The maximum Gasteiger partial charge on any atom is 0.264 e. The van der Waals surface area contributed by atoms with Gasteiger partial charge in [0, 0.05) is 19.8 Å². The van der Waals surface area contributed by atoms with E-state index in [1.807, 2.05) is 0 Å². The van der Waals surface area contributed by atoms with Gasteiger partial charge in [0.1, 0.15) is 0 Å². The fraction of sp³-hybridized carbons (Fsp3) is 1.00. The lowest BCUT2D eigenvalue weighted by molar-refractivity contribution is 0.114. The van der Waals surface area contributed by atoms with Gasteiger partial charge in [-0.05, 0) is 55.8 Å². The summed E-state index contributed by atoms with van der Waals surface area (Å²) in [6.45, 7) is 10.8. The van der Waals surface area contributed by atoms with Crippen molar-refractivity contribution in [2.45, 2.75) is 124 Å². The van der Waals surface area contributed by atoms with E-state index in [1.165, 1.54) is 38.5 Å². The highest BCUT2D eigenvalue weighted by molar-refractivity contribution is 7.85. The summed E-state index contributed by atoms with van der Waals surface area (Å²) in [4.78, 5) is 0. The second-order valence-electron chi connectivity index (χ2n) is 9.51. The van der Waals surface area contributed by atoms with Gasteiger partial charge in [-0.1, -0.05) is 79.1 Å². The summed E-state index contributed by atoms with van der Waals surface area (Å²) in [6, 6.07) is 0. The molecule has 0 spiro atoms. The van der Waals surface area contributed by atoms with E-state index in [2.05, 4.69) is 27.7 Å². The van der Waals surface area contributed by atoms with Gasteiger partial charge in [-0.15, -0.1) is 0 Å². The molecule has 0 aromatic heterocycles. The van der Waals surface area contributed by atoms with Crippen LogP contribution in [-0.2, 0) is 14.9 Å². The number of hydrogen-bond acceptors (Lipinski definition) is 4. The minimum Gasteiger partial charge on any atom is -0.396 e. The number of hydrogen-bond donors (Lipinski definition) is 2. The lowest BCUT2D eigenvalue weighted by Crippen LogP contribution is -2.23. The molecule has 6 heteroatoms. The van der Waals surface area contributed by atoms with E-state index in [-0.39, 0.29) is 11.2 Å². The molecule has 0 amide bonds. The van der Waals surface area contributed by atoms with Crippen LogP contribution in [0.3, 0.4) is 0 Å². The van der Waals surface area contributed by atoms with Crippen molar-refractivity contribution < 1.29 is 22.8 Å². The van der Waals surface area contributed by atoms with Crippen LogP contribution in [0, 0.1) is 10.8 Å². The average Bonchev–Trinajstić information content (AvgIpc) is 2.76. The van der Waals surface area contributed by atoms with E-state index < -0.39 is 10.1 Å². The van der Waals surface area contributed by atoms with Gasteiger partial charge >= 0.3 is 0 Å². The second-order valence-corrected chi connectivity index (χ2v) is 11.1. The standard InChI is InChI=1S/C25H52O5S/c1-5-24(6-2,16-10-9-13-20-26)17-11-14-21-30-22-15-12-18-25(7-3,8-4)19-23-31(27,28)29/h26H,5-23H2,1-4H3,(H,27,28,29). The molecule has 0 aromatic carbocycles. The van der Waals surface area contributed by atoms with Gasteiger partial charge < -0.3 is 9.84 Å². The molecule has 31 heavy (non-hydrogen) atoms. The zero-order valence-corrected chi connectivity index (χ0v) is 21.8. The highest BCUT2D eigenvalue weighted by Crippen LogP contribution is 2.38. The van der Waals surface area contributed by atoms with Crippen LogP contribution in [0.1, 0.15) is 124 Å². The van der Waals surface area contributed by atoms with Crippen molar-refractivity contribution in [3.8, 4) is 0 Å². The first-order valence-electron chi connectivity index (χ1n) is 12.9. The van der Waals surface area contributed by atoms with Crippen molar-refractivity contribution in [2.75, 3.05) is 25.6 Å². The topological polar surface area (TPSA) is 83.8 Å². The molecular formula is C25H52O5S. The van der Waals surface area contributed by atoms with Crippen molar-refractivity contribution in [2.24, 2.45) is 10.8 Å². The van der Waals surface area contributed by atoms with E-state index in [4.69, 9.17) is 14.4 Å². The quantitative estimate of drug-likeness (QED) is 0.136. The molecule has 5 nitrogen and oxygen atoms in total. The molecule has 0 heterocycles. The zero-order valence-electron chi connectivity index (χ0n) is 21.0. The van der Waals surface area contributed by atoms with Gasteiger partial charge in [0.05, 0.1) is 5.75 Å². The van der Waals surface area contributed by atoms with Gasteiger partial charge in [0.25, 0.3) is 10.1 Å². The highest BCUT2D eigenvalue weighted by atomic mass is 32.2. The van der Waals surface area contributed by atoms with Gasteiger partial charge in [-0.2, -0.15) is 8.42 Å². The highest BCUT2D eigenvalue weighted by Gasteiger charge is 2.27. The molecule has 2 N–H and O–H groups in total. The average molecular weight is 465 g/mol. The second kappa shape index (κ2) is 17.3. The van der Waals surface area contributed by atoms with Crippen molar-refractivity contribution >= 4 is 10.1 Å². The van der Waals surface area contributed by atoms with Crippen molar-refractivity contribution in [1.29, 1.82) is 0 Å². The largest absolute Gasteiger partial charge is 0.396 e. The molecule has 0 unspecified atom stereocenters. The third kappa shape index (κ3) is 14.6. The molecule has 0 rings (SSSR count). The molecule has 0 aliphatic rings. The summed E-state index contributed by atoms with van der Waals surface area (Å²) in [7, 11) is -3.88. The Hall–Kier alpha value is -0.170. The first kappa shape index (κ1) is 30.8. The molecule has 188 valence electrons. The summed E-state index contributed by atoms with van der Waals surface area (Å²) in [5.41, 5.74) is 0.470. The fourth-order valence-electron chi connectivity index (χ4n) is 4.81. The molecular weight excluding hydrogens is 412 g/mol. The maximum atomic E-state index is 11.1. The molecule has 0 saturated heterocycles. The molecule has 0 fully saturated rings. The summed E-state index contributed by atoms with van der Waals surface area (Å²) < 4.78 is 37.2. The number of aliphatic hydroxyl groups excluding tert-OH is 1. The Bertz CT molecular complexity index is 510. The van der Waals surface area contributed by atoms with E-state index in [1.54, 1.807) is 0 Å². The minimum absolute atomic E-state index is 0.0105. The molecule has 0 saturated carbocycles. The van der Waals surface area contributed by atoms with Crippen LogP contribution >= 0.6 is 0 Å². The van der Waals surface area contributed by atoms with Crippen LogP contribution in [0.15, 0.2) is 0 Å². The molecule has 0 radical (unpaired) electrons. The van der Waals surface area contributed by atoms with Gasteiger partial charge in [-0.3, -0.25) is 4.55 Å². The maximum absolute atomic E-state index is 11.1. The Balaban J connectivity index is 4.02. The first-order valence-corrected chi connectivity index (χ1v) is 14.5. The van der Waals surface area contributed by atoms with Crippen molar-refractivity contribution in [3.63, 3.8) is 0 Å². The molecule has 0 aromatic rings. The summed E-state index contributed by atoms with van der Waals surface area (Å²) in [5.74, 6) is -0.135. The lowest BCUT2D eigenvalue weighted by Gasteiger charge is -2.32. The molecule has 0 aliphatic heterocycles. The van der Waals surface area contributed by atoms with Gasteiger partial charge in [0.15, 0.2) is 0 Å². The zero-order chi connectivity index (χ0) is 23.6. The normalized spacial score (nSPS) is 13.1. The Morgan fingerprint density at radius 1 is 0.645 bits per heavy atom. The van der Waals surface area contributed by atoms with Crippen LogP contribution in [0.5, 0.6) is 0 Å². The summed E-state index contributed by atoms with van der Waals surface area (Å²) >= 11 is 0. The Labute approximate surface area is 193 Å². The van der Waals surface area contributed by atoms with Crippen LogP contribution in [0.25, 0.3) is 0 Å². The number of unbranched alkanes of at least 4 members (excludes halogenated alkanes) is 4. The van der Waals surface area contributed by atoms with Crippen LogP contribution < -0.4 is 0 Å². The van der Waals surface area contributed by atoms with Crippen molar-refractivity contribution in [1.82, 2.24) is 0 Å². The smallest absolute Gasteiger partial charge is 0.264 e. The van der Waals surface area contributed by atoms with E-state index >= 15 is 0 Å². The number of ether oxygens (including phenoxy) is 1. The monoisotopic (exact) mass is 464 g/mol. The minimum atomic E-state index is -3.88. The summed E-state index contributed by atoms with van der Waals surface area (Å²) in [5, 5.41) is 8.96. The molecule has 0 aliphatic carbocycles. The molecule has 0 bridgehead atoms. The third-order valence-corrected chi connectivity index (χ3v) is 8.47. The Morgan fingerprint density at radius 2 is 1.06 bits per heavy atom. The van der Waals surface area contributed by atoms with E-state index in [0.717, 1.165) is 64.6 Å². The van der Waals surface area contributed by atoms with Crippen molar-refractivity contribution in [3.05, 3.63) is 0 Å². The van der Waals surface area contributed by atoms with Crippen LogP contribution in [0.4, 0.5) is 0 Å². The lowest BCUT2D eigenvalue weighted by atomic mass is 9.74. The fourth-order valence-corrected chi connectivity index (χ4v) is 5.50. The number of rotatable bonds is 22. The van der Waals surface area contributed by atoms with Crippen LogP contribution in [0.2, 0.25) is 0 Å².